The Bertz CT molecular complexity index is 690. The summed E-state index contributed by atoms with van der Waals surface area (Å²) in [7, 11) is 0. The molecule has 1 saturated heterocycles. The molecule has 3 amide bonds. The quantitative estimate of drug-likeness (QED) is 0.821. The molecule has 1 saturated carbocycles. The van der Waals surface area contributed by atoms with Gasteiger partial charge in [0, 0.05) is 50.9 Å². The zero-order valence-electron chi connectivity index (χ0n) is 15.9. The maximum Gasteiger partial charge on any atom is 0.270 e. The van der Waals surface area contributed by atoms with Crippen LogP contribution in [0.25, 0.3) is 0 Å². The van der Waals surface area contributed by atoms with E-state index in [0.29, 0.717) is 31.7 Å². The van der Waals surface area contributed by atoms with Crippen molar-refractivity contribution in [3.05, 3.63) is 29.6 Å². The number of carbonyl (C=O) groups excluding carboxylic acids is 3. The van der Waals surface area contributed by atoms with E-state index in [1.165, 1.54) is 19.0 Å². The van der Waals surface area contributed by atoms with E-state index in [1.54, 1.807) is 28.9 Å². The Morgan fingerprint density at radius 2 is 1.63 bits per heavy atom. The maximum absolute atomic E-state index is 12.7. The van der Waals surface area contributed by atoms with Crippen LogP contribution < -0.4 is 5.32 Å². The molecule has 146 valence electrons. The predicted octanol–water partition coefficient (Wildman–Crippen LogP) is 1.84. The molecule has 0 aromatic carbocycles. The minimum atomic E-state index is -0.210. The summed E-state index contributed by atoms with van der Waals surface area (Å²) < 4.78 is 0. The van der Waals surface area contributed by atoms with E-state index in [0.717, 1.165) is 25.7 Å². The van der Waals surface area contributed by atoms with Gasteiger partial charge in [0.2, 0.25) is 5.91 Å². The summed E-state index contributed by atoms with van der Waals surface area (Å²) >= 11 is 0. The van der Waals surface area contributed by atoms with Crippen LogP contribution in [0.2, 0.25) is 0 Å². The van der Waals surface area contributed by atoms with Crippen molar-refractivity contribution >= 4 is 17.7 Å². The van der Waals surface area contributed by atoms with Gasteiger partial charge in [-0.1, -0.05) is 25.7 Å². The first kappa shape index (κ1) is 19.3. The van der Waals surface area contributed by atoms with E-state index in [2.05, 4.69) is 10.3 Å². The Balaban J connectivity index is 1.61. The number of aromatic nitrogens is 1. The van der Waals surface area contributed by atoms with Gasteiger partial charge in [0.25, 0.3) is 11.8 Å². The van der Waals surface area contributed by atoms with Crippen molar-refractivity contribution in [2.45, 2.75) is 51.5 Å². The number of rotatable bonds is 3. The van der Waals surface area contributed by atoms with Crippen LogP contribution in [0.3, 0.4) is 0 Å². The predicted molar refractivity (Wildman–Crippen MR) is 101 cm³/mol. The number of nitrogens with zero attached hydrogens (tertiary/aromatic N) is 3. The lowest BCUT2D eigenvalue weighted by Gasteiger charge is -2.34. The number of hydrogen-bond donors (Lipinski definition) is 1. The van der Waals surface area contributed by atoms with Crippen molar-refractivity contribution < 1.29 is 14.4 Å². The summed E-state index contributed by atoms with van der Waals surface area (Å²) in [5.74, 6) is -0.300. The number of carbonyl (C=O) groups is 3. The summed E-state index contributed by atoms with van der Waals surface area (Å²) in [6, 6.07) is 3.41. The third-order valence-corrected chi connectivity index (χ3v) is 5.44. The molecule has 1 aromatic rings. The van der Waals surface area contributed by atoms with Crippen molar-refractivity contribution in [2.24, 2.45) is 0 Å². The van der Waals surface area contributed by atoms with Gasteiger partial charge in [-0.2, -0.15) is 0 Å². The Labute approximate surface area is 160 Å². The van der Waals surface area contributed by atoms with E-state index in [4.69, 9.17) is 0 Å². The minimum absolute atomic E-state index is 0.0310. The molecule has 7 heteroatoms. The molecule has 0 unspecified atom stereocenters. The normalized spacial score (nSPS) is 18.7. The van der Waals surface area contributed by atoms with Crippen LogP contribution in [-0.4, -0.2) is 64.7 Å². The SMILES string of the molecule is CC(=O)N1CCN(C(=O)c2ccnc(C(=O)NC3CCCCCC3)c2)CC1. The lowest BCUT2D eigenvalue weighted by Crippen LogP contribution is -2.50. The summed E-state index contributed by atoms with van der Waals surface area (Å²) in [5.41, 5.74) is 0.750. The van der Waals surface area contributed by atoms with Crippen LogP contribution in [0.5, 0.6) is 0 Å². The second-order valence-corrected chi connectivity index (χ2v) is 7.39. The zero-order chi connectivity index (χ0) is 19.2. The molecule has 0 bridgehead atoms. The van der Waals surface area contributed by atoms with Crippen molar-refractivity contribution in [2.75, 3.05) is 26.2 Å². The number of amides is 3. The fourth-order valence-corrected chi connectivity index (χ4v) is 3.78. The number of pyridine rings is 1. The standard InChI is InChI=1S/C20H28N4O3/c1-15(25)23-10-12-24(13-11-23)20(27)16-8-9-21-18(14-16)19(26)22-17-6-4-2-3-5-7-17/h8-9,14,17H,2-7,10-13H2,1H3,(H,22,26). The Hall–Kier alpha value is -2.44. The topological polar surface area (TPSA) is 82.6 Å². The van der Waals surface area contributed by atoms with Crippen molar-refractivity contribution in [3.8, 4) is 0 Å². The molecule has 1 N–H and O–H groups in total. The average molecular weight is 372 g/mol. The molecule has 0 radical (unpaired) electrons. The smallest absolute Gasteiger partial charge is 0.270 e. The summed E-state index contributed by atoms with van der Waals surface area (Å²) in [6.07, 6.45) is 8.26. The molecule has 7 nitrogen and oxygen atoms in total. The van der Waals surface area contributed by atoms with E-state index in [9.17, 15) is 14.4 Å². The van der Waals surface area contributed by atoms with Gasteiger partial charge in [-0.3, -0.25) is 19.4 Å². The Morgan fingerprint density at radius 3 is 2.26 bits per heavy atom. The van der Waals surface area contributed by atoms with Gasteiger partial charge in [0.1, 0.15) is 5.69 Å². The monoisotopic (exact) mass is 372 g/mol. The Kier molecular flexibility index (Phi) is 6.42. The van der Waals surface area contributed by atoms with Gasteiger partial charge in [-0.25, -0.2) is 0 Å². The fraction of sp³-hybridized carbons (Fsp3) is 0.600. The van der Waals surface area contributed by atoms with Crippen LogP contribution >= 0.6 is 0 Å². The van der Waals surface area contributed by atoms with E-state index >= 15 is 0 Å². The number of hydrogen-bond acceptors (Lipinski definition) is 4. The Morgan fingerprint density at radius 1 is 1.00 bits per heavy atom. The molecule has 1 aliphatic carbocycles. The third-order valence-electron chi connectivity index (χ3n) is 5.44. The van der Waals surface area contributed by atoms with Crippen molar-refractivity contribution in [1.29, 1.82) is 0 Å². The van der Waals surface area contributed by atoms with Gasteiger partial charge in [0.15, 0.2) is 0 Å². The highest BCUT2D eigenvalue weighted by atomic mass is 16.2. The molecule has 3 rings (SSSR count). The molecule has 1 aromatic heterocycles. The maximum atomic E-state index is 12.7. The van der Waals surface area contributed by atoms with Crippen molar-refractivity contribution in [3.63, 3.8) is 0 Å². The van der Waals surface area contributed by atoms with Gasteiger partial charge in [-0.05, 0) is 25.0 Å². The lowest BCUT2D eigenvalue weighted by molar-refractivity contribution is -0.130. The first-order valence-electron chi connectivity index (χ1n) is 9.86. The molecule has 1 aliphatic heterocycles. The first-order valence-corrected chi connectivity index (χ1v) is 9.86. The molecule has 27 heavy (non-hydrogen) atoms. The number of nitrogens with one attached hydrogen (secondary N) is 1. The second kappa shape index (κ2) is 8.97. The second-order valence-electron chi connectivity index (χ2n) is 7.39. The molecule has 0 spiro atoms. The minimum Gasteiger partial charge on any atom is -0.348 e. The van der Waals surface area contributed by atoms with E-state index in [1.807, 2.05) is 0 Å². The zero-order valence-corrected chi connectivity index (χ0v) is 15.9. The third kappa shape index (κ3) is 5.05. The number of piperazine rings is 1. The fourth-order valence-electron chi connectivity index (χ4n) is 3.78. The molecule has 2 fully saturated rings. The van der Waals surface area contributed by atoms with Crippen molar-refractivity contribution in [1.82, 2.24) is 20.1 Å². The van der Waals surface area contributed by atoms with Gasteiger partial charge < -0.3 is 15.1 Å². The summed E-state index contributed by atoms with van der Waals surface area (Å²) in [4.78, 5) is 44.3. The average Bonchev–Trinajstić information content (AvgIpc) is 2.96. The van der Waals surface area contributed by atoms with Crippen LogP contribution in [-0.2, 0) is 4.79 Å². The summed E-state index contributed by atoms with van der Waals surface area (Å²) in [5, 5.41) is 3.07. The summed E-state index contributed by atoms with van der Waals surface area (Å²) in [6.45, 7) is 3.64. The highest BCUT2D eigenvalue weighted by Gasteiger charge is 2.24. The van der Waals surface area contributed by atoms with Crippen LogP contribution in [0.4, 0.5) is 0 Å². The van der Waals surface area contributed by atoms with Gasteiger partial charge in [0.05, 0.1) is 0 Å². The highest BCUT2D eigenvalue weighted by molar-refractivity contribution is 5.98. The molecule has 0 atom stereocenters. The van der Waals surface area contributed by atoms with E-state index in [-0.39, 0.29) is 29.5 Å². The van der Waals surface area contributed by atoms with E-state index < -0.39 is 0 Å². The van der Waals surface area contributed by atoms with Gasteiger partial charge >= 0.3 is 0 Å². The van der Waals surface area contributed by atoms with Gasteiger partial charge in [-0.15, -0.1) is 0 Å². The largest absolute Gasteiger partial charge is 0.348 e. The molecule has 2 aliphatic rings. The molecular formula is C20H28N4O3. The highest BCUT2D eigenvalue weighted by Crippen LogP contribution is 2.18. The van der Waals surface area contributed by atoms with Crippen LogP contribution in [0.15, 0.2) is 18.3 Å². The van der Waals surface area contributed by atoms with Crippen LogP contribution in [0.1, 0.15) is 66.3 Å². The lowest BCUT2D eigenvalue weighted by atomic mass is 10.1. The molecular weight excluding hydrogens is 344 g/mol. The first-order chi connectivity index (χ1) is 13.0. The molecule has 2 heterocycles. The van der Waals surface area contributed by atoms with Crippen LogP contribution in [0, 0.1) is 0 Å².